The van der Waals surface area contributed by atoms with E-state index in [1.807, 2.05) is 38.1 Å². The molecule has 3 rings (SSSR count). The van der Waals surface area contributed by atoms with Gasteiger partial charge in [0.1, 0.15) is 6.61 Å². The molecule has 188 valence electrons. The van der Waals surface area contributed by atoms with Crippen LogP contribution in [0.15, 0.2) is 48.5 Å². The summed E-state index contributed by atoms with van der Waals surface area (Å²) >= 11 is 0. The molecular formula is C28H36N2O5. The van der Waals surface area contributed by atoms with Gasteiger partial charge in [0.25, 0.3) is 0 Å². The van der Waals surface area contributed by atoms with Gasteiger partial charge in [0.05, 0.1) is 5.92 Å². The van der Waals surface area contributed by atoms with Crippen LogP contribution in [0.1, 0.15) is 57.6 Å². The normalized spacial score (nSPS) is 15.0. The van der Waals surface area contributed by atoms with Gasteiger partial charge in [-0.15, -0.1) is 0 Å². The molecule has 7 nitrogen and oxygen atoms in total. The lowest BCUT2D eigenvalue weighted by Crippen LogP contribution is -2.45. The summed E-state index contributed by atoms with van der Waals surface area (Å²) in [6.07, 6.45) is 0.164. The highest BCUT2D eigenvalue weighted by molar-refractivity contribution is 5.80. The average molecular weight is 481 g/mol. The highest BCUT2D eigenvalue weighted by Gasteiger charge is 2.30. The van der Waals surface area contributed by atoms with Gasteiger partial charge in [-0.05, 0) is 47.4 Å². The minimum absolute atomic E-state index is 0.0143. The maximum Gasteiger partial charge on any atom is 0.407 e. The summed E-state index contributed by atoms with van der Waals surface area (Å²) in [6, 6.07) is 15.8. The summed E-state index contributed by atoms with van der Waals surface area (Å²) in [7, 11) is 0. The first-order valence-electron chi connectivity index (χ1n) is 12.3. The molecule has 0 bridgehead atoms. The van der Waals surface area contributed by atoms with Crippen molar-refractivity contribution in [3.63, 3.8) is 0 Å². The van der Waals surface area contributed by atoms with E-state index in [2.05, 4.69) is 34.9 Å². The van der Waals surface area contributed by atoms with E-state index >= 15 is 0 Å². The molecule has 1 aliphatic rings. The largest absolute Gasteiger partial charge is 0.481 e. The lowest BCUT2D eigenvalue weighted by atomic mass is 9.93. The van der Waals surface area contributed by atoms with E-state index in [0.29, 0.717) is 18.9 Å². The Balaban J connectivity index is 1.51. The Hall–Kier alpha value is -3.35. The summed E-state index contributed by atoms with van der Waals surface area (Å²) in [4.78, 5) is 36.3. The first-order chi connectivity index (χ1) is 16.7. The molecule has 0 aromatic heterocycles. The summed E-state index contributed by atoms with van der Waals surface area (Å²) < 4.78 is 5.58. The van der Waals surface area contributed by atoms with Gasteiger partial charge in [0.15, 0.2) is 0 Å². The lowest BCUT2D eigenvalue weighted by molar-refractivity contribution is -0.138. The second kappa shape index (κ2) is 11.9. The zero-order valence-electron chi connectivity index (χ0n) is 20.9. The summed E-state index contributed by atoms with van der Waals surface area (Å²) in [5, 5.41) is 14.7. The third kappa shape index (κ3) is 6.84. The molecule has 2 unspecified atom stereocenters. The molecule has 0 fully saturated rings. The molecule has 0 spiro atoms. The highest BCUT2D eigenvalue weighted by atomic mass is 16.5. The van der Waals surface area contributed by atoms with Gasteiger partial charge in [0.2, 0.25) is 5.91 Å². The number of fused-ring (bicyclic) bond motifs is 3. The van der Waals surface area contributed by atoms with E-state index in [1.54, 1.807) is 13.8 Å². The Morgan fingerprint density at radius 1 is 0.943 bits per heavy atom. The number of carboxylic acid groups (broad SMARTS) is 1. The molecule has 0 saturated heterocycles. The molecule has 0 radical (unpaired) electrons. The van der Waals surface area contributed by atoms with Crippen molar-refractivity contribution < 1.29 is 24.2 Å². The number of alkyl carbamates (subject to hydrolysis) is 1. The smallest absolute Gasteiger partial charge is 0.407 e. The fourth-order valence-corrected chi connectivity index (χ4v) is 4.74. The van der Waals surface area contributed by atoms with Crippen LogP contribution in [0, 0.1) is 17.8 Å². The van der Waals surface area contributed by atoms with Crippen molar-refractivity contribution in [2.75, 3.05) is 13.2 Å². The minimum atomic E-state index is -0.872. The number of rotatable bonds is 11. The molecule has 7 heteroatoms. The van der Waals surface area contributed by atoms with Crippen LogP contribution in [0.4, 0.5) is 4.79 Å². The predicted molar refractivity (Wildman–Crippen MR) is 135 cm³/mol. The van der Waals surface area contributed by atoms with Crippen LogP contribution in [-0.2, 0) is 14.3 Å². The summed E-state index contributed by atoms with van der Waals surface area (Å²) in [5.74, 6) is -1.42. The van der Waals surface area contributed by atoms with Crippen LogP contribution >= 0.6 is 0 Å². The fraction of sp³-hybridized carbons (Fsp3) is 0.464. The van der Waals surface area contributed by atoms with Gasteiger partial charge >= 0.3 is 12.1 Å². The monoisotopic (exact) mass is 480 g/mol. The van der Waals surface area contributed by atoms with Gasteiger partial charge in [-0.3, -0.25) is 9.59 Å². The van der Waals surface area contributed by atoms with Gasteiger partial charge in [-0.1, -0.05) is 69.3 Å². The number of aliphatic carboxylic acids is 1. The zero-order chi connectivity index (χ0) is 25.5. The van der Waals surface area contributed by atoms with Crippen molar-refractivity contribution in [2.45, 2.75) is 52.5 Å². The van der Waals surface area contributed by atoms with E-state index < -0.39 is 24.0 Å². The highest BCUT2D eigenvalue weighted by Crippen LogP contribution is 2.44. The molecule has 0 saturated carbocycles. The van der Waals surface area contributed by atoms with Gasteiger partial charge < -0.3 is 20.5 Å². The number of hydrogen-bond donors (Lipinski definition) is 3. The predicted octanol–water partition coefficient (Wildman–Crippen LogP) is 4.80. The minimum Gasteiger partial charge on any atom is -0.481 e. The van der Waals surface area contributed by atoms with Gasteiger partial charge in [-0.25, -0.2) is 4.79 Å². The van der Waals surface area contributed by atoms with E-state index in [4.69, 9.17) is 9.84 Å². The lowest BCUT2D eigenvalue weighted by Gasteiger charge is -2.23. The number of nitrogens with one attached hydrogen (secondary N) is 2. The van der Waals surface area contributed by atoms with Gasteiger partial charge in [-0.2, -0.15) is 0 Å². The molecule has 0 aliphatic heterocycles. The maximum atomic E-state index is 12.6. The SMILES string of the molecule is CC(C)C[C@H](CNC(=O)C(C)C(C)NC(=O)OCC1c2ccccc2-c2ccccc21)CC(=O)O. The van der Waals surface area contributed by atoms with Gasteiger partial charge in [0, 0.05) is 24.9 Å². The zero-order valence-corrected chi connectivity index (χ0v) is 20.9. The standard InChI is InChI=1S/C28H36N2O5/c1-17(2)13-20(14-26(31)32)15-29-27(33)18(3)19(4)30-28(34)35-16-25-23-11-7-5-9-21(23)22-10-6-8-12-24(22)25/h5-12,17-20,25H,13-16H2,1-4H3,(H,29,33)(H,30,34)(H,31,32)/t18?,19?,20-/m0/s1. The molecule has 2 amide bonds. The van der Waals surface area contributed by atoms with Crippen molar-refractivity contribution in [3.05, 3.63) is 59.7 Å². The molecular weight excluding hydrogens is 444 g/mol. The number of amides is 2. The number of ether oxygens (including phenoxy) is 1. The van der Waals surface area contributed by atoms with E-state index in [9.17, 15) is 14.4 Å². The summed E-state index contributed by atoms with van der Waals surface area (Å²) in [6.45, 7) is 8.05. The first-order valence-corrected chi connectivity index (χ1v) is 12.3. The first kappa shape index (κ1) is 26.3. The molecule has 35 heavy (non-hydrogen) atoms. The van der Waals surface area contributed by atoms with Crippen LogP contribution in [0.2, 0.25) is 0 Å². The topological polar surface area (TPSA) is 105 Å². The third-order valence-corrected chi connectivity index (χ3v) is 6.69. The molecule has 2 aromatic rings. The second-order valence-corrected chi connectivity index (χ2v) is 9.89. The van der Waals surface area contributed by atoms with Crippen molar-refractivity contribution >= 4 is 18.0 Å². The van der Waals surface area contributed by atoms with E-state index in [1.165, 1.54) is 0 Å². The summed E-state index contributed by atoms with van der Waals surface area (Å²) in [5.41, 5.74) is 4.60. The Labute approximate surface area is 207 Å². The van der Waals surface area contributed by atoms with E-state index in [-0.39, 0.29) is 30.8 Å². The molecule has 0 heterocycles. The Bertz CT molecular complexity index is 1010. The quantitative estimate of drug-likeness (QED) is 0.428. The second-order valence-electron chi connectivity index (χ2n) is 9.89. The van der Waals surface area contributed by atoms with Crippen LogP contribution in [0.25, 0.3) is 11.1 Å². The van der Waals surface area contributed by atoms with Crippen molar-refractivity contribution in [1.29, 1.82) is 0 Å². The Morgan fingerprint density at radius 3 is 2.06 bits per heavy atom. The number of carbonyl (C=O) groups excluding carboxylic acids is 2. The van der Waals surface area contributed by atoms with E-state index in [0.717, 1.165) is 22.3 Å². The molecule has 1 aliphatic carbocycles. The van der Waals surface area contributed by atoms with Crippen LogP contribution in [0.5, 0.6) is 0 Å². The average Bonchev–Trinajstić information content (AvgIpc) is 3.13. The number of carbonyl (C=O) groups is 3. The number of benzene rings is 2. The molecule has 3 N–H and O–H groups in total. The van der Waals surface area contributed by atoms with Crippen molar-refractivity contribution in [3.8, 4) is 11.1 Å². The fourth-order valence-electron chi connectivity index (χ4n) is 4.74. The van der Waals surface area contributed by atoms with Crippen LogP contribution in [-0.4, -0.2) is 42.3 Å². The van der Waals surface area contributed by atoms with Crippen molar-refractivity contribution in [1.82, 2.24) is 10.6 Å². The maximum absolute atomic E-state index is 12.6. The Kier molecular flexibility index (Phi) is 8.90. The third-order valence-electron chi connectivity index (χ3n) is 6.69. The molecule has 2 aromatic carbocycles. The van der Waals surface area contributed by atoms with Crippen LogP contribution in [0.3, 0.4) is 0 Å². The number of carboxylic acids is 1. The number of hydrogen-bond acceptors (Lipinski definition) is 4. The van der Waals surface area contributed by atoms with Crippen molar-refractivity contribution in [2.24, 2.45) is 17.8 Å². The van der Waals surface area contributed by atoms with Crippen LogP contribution < -0.4 is 10.6 Å². The molecule has 3 atom stereocenters. The Morgan fingerprint density at radius 2 is 1.51 bits per heavy atom.